The highest BCUT2D eigenvalue weighted by atomic mass is 16.2. The Morgan fingerprint density at radius 1 is 1.00 bits per heavy atom. The van der Waals surface area contributed by atoms with Crippen LogP contribution >= 0.6 is 0 Å². The number of likely N-dealkylation sites (tertiary alicyclic amines) is 1. The first-order valence-electron chi connectivity index (χ1n) is 10.4. The van der Waals surface area contributed by atoms with E-state index in [0.29, 0.717) is 38.6 Å². The van der Waals surface area contributed by atoms with Crippen molar-refractivity contribution in [2.45, 2.75) is 32.6 Å². The van der Waals surface area contributed by atoms with Gasteiger partial charge in [-0.3, -0.25) is 14.5 Å². The van der Waals surface area contributed by atoms with Gasteiger partial charge in [-0.25, -0.2) is 0 Å². The number of amides is 2. The molecule has 3 heterocycles. The summed E-state index contributed by atoms with van der Waals surface area (Å²) in [5, 5.41) is 1.35. The van der Waals surface area contributed by atoms with Gasteiger partial charge in [0.15, 0.2) is 0 Å². The van der Waals surface area contributed by atoms with Crippen LogP contribution < -0.4 is 0 Å². The van der Waals surface area contributed by atoms with E-state index in [4.69, 9.17) is 0 Å². The van der Waals surface area contributed by atoms with E-state index in [0.717, 1.165) is 25.9 Å². The summed E-state index contributed by atoms with van der Waals surface area (Å²) in [5.41, 5.74) is 3.96. The minimum Gasteiger partial charge on any atom is -0.358 e. The molecule has 0 bridgehead atoms. The lowest BCUT2D eigenvalue weighted by Gasteiger charge is -2.37. The molecular weight excluding hydrogens is 352 g/mol. The quantitative estimate of drug-likeness (QED) is 0.886. The number of para-hydroxylation sites is 1. The van der Waals surface area contributed by atoms with E-state index in [-0.39, 0.29) is 11.8 Å². The molecule has 0 radical (unpaired) electrons. The first kappa shape index (κ1) is 19.0. The SMILES string of the molecule is CC(=O)N1CCN(C(=O)CN2CCC(c3c(C)[nH]c4ccccc34)CC2)CC1. The lowest BCUT2D eigenvalue weighted by atomic mass is 9.87. The van der Waals surface area contributed by atoms with Crippen LogP contribution in [0.4, 0.5) is 0 Å². The summed E-state index contributed by atoms with van der Waals surface area (Å²) in [6.07, 6.45) is 2.18. The largest absolute Gasteiger partial charge is 0.358 e. The zero-order chi connectivity index (χ0) is 19.7. The number of aryl methyl sites for hydroxylation is 1. The molecule has 28 heavy (non-hydrogen) atoms. The summed E-state index contributed by atoms with van der Waals surface area (Å²) in [4.78, 5) is 33.6. The molecule has 6 heteroatoms. The maximum atomic E-state index is 12.7. The van der Waals surface area contributed by atoms with Gasteiger partial charge in [-0.05, 0) is 50.4 Å². The zero-order valence-electron chi connectivity index (χ0n) is 16.9. The molecule has 2 aliphatic rings. The standard InChI is InChI=1S/C22H30N4O2/c1-16-22(19-5-3-4-6-20(19)23-16)18-7-9-24(10-8-18)15-21(28)26-13-11-25(12-14-26)17(2)27/h3-6,18,23H,7-15H2,1-2H3. The number of piperidine rings is 1. The predicted molar refractivity (Wildman–Crippen MR) is 110 cm³/mol. The Hall–Kier alpha value is -2.34. The Morgan fingerprint density at radius 3 is 2.32 bits per heavy atom. The van der Waals surface area contributed by atoms with Gasteiger partial charge in [0.2, 0.25) is 11.8 Å². The van der Waals surface area contributed by atoms with Gasteiger partial charge >= 0.3 is 0 Å². The van der Waals surface area contributed by atoms with E-state index in [9.17, 15) is 9.59 Å². The number of nitrogens with zero attached hydrogens (tertiary/aromatic N) is 3. The normalized spacial score (nSPS) is 19.4. The number of hydrogen-bond donors (Lipinski definition) is 1. The van der Waals surface area contributed by atoms with E-state index in [1.54, 1.807) is 6.92 Å². The second-order valence-electron chi connectivity index (χ2n) is 8.15. The third-order valence-corrected chi connectivity index (χ3v) is 6.38. The topological polar surface area (TPSA) is 59.7 Å². The molecule has 6 nitrogen and oxygen atoms in total. The maximum absolute atomic E-state index is 12.7. The maximum Gasteiger partial charge on any atom is 0.236 e. The van der Waals surface area contributed by atoms with Gasteiger partial charge in [-0.2, -0.15) is 0 Å². The zero-order valence-corrected chi connectivity index (χ0v) is 16.9. The summed E-state index contributed by atoms with van der Waals surface area (Å²) >= 11 is 0. The highest BCUT2D eigenvalue weighted by molar-refractivity contribution is 5.85. The minimum absolute atomic E-state index is 0.0988. The Kier molecular flexibility index (Phi) is 5.40. The minimum atomic E-state index is 0.0988. The predicted octanol–water partition coefficient (Wildman–Crippen LogP) is 2.35. The van der Waals surface area contributed by atoms with Crippen molar-refractivity contribution in [1.29, 1.82) is 0 Å². The molecule has 2 aliphatic heterocycles. The van der Waals surface area contributed by atoms with Gasteiger partial charge in [-0.1, -0.05) is 18.2 Å². The van der Waals surface area contributed by atoms with Gasteiger partial charge in [0.25, 0.3) is 0 Å². The van der Waals surface area contributed by atoms with Crippen LogP contribution in [-0.4, -0.2) is 77.3 Å². The van der Waals surface area contributed by atoms with Crippen LogP contribution in [-0.2, 0) is 9.59 Å². The third-order valence-electron chi connectivity index (χ3n) is 6.38. The number of benzene rings is 1. The molecule has 2 amide bonds. The number of hydrogen-bond acceptors (Lipinski definition) is 3. The molecular formula is C22H30N4O2. The molecule has 4 rings (SSSR count). The molecule has 0 saturated carbocycles. The number of nitrogens with one attached hydrogen (secondary N) is 1. The molecule has 0 aliphatic carbocycles. The van der Waals surface area contributed by atoms with Crippen molar-refractivity contribution in [2.24, 2.45) is 0 Å². The Balaban J connectivity index is 1.31. The average Bonchev–Trinajstić information content (AvgIpc) is 3.04. The average molecular weight is 383 g/mol. The molecule has 0 atom stereocenters. The van der Waals surface area contributed by atoms with Crippen molar-refractivity contribution < 1.29 is 9.59 Å². The lowest BCUT2D eigenvalue weighted by Crippen LogP contribution is -2.52. The molecule has 1 N–H and O–H groups in total. The third kappa shape index (κ3) is 3.78. The smallest absolute Gasteiger partial charge is 0.236 e. The van der Waals surface area contributed by atoms with Crippen LogP contribution in [0.3, 0.4) is 0 Å². The summed E-state index contributed by atoms with van der Waals surface area (Å²) in [6.45, 7) is 8.81. The van der Waals surface area contributed by atoms with Crippen LogP contribution in [0.15, 0.2) is 24.3 Å². The van der Waals surface area contributed by atoms with Crippen molar-refractivity contribution in [2.75, 3.05) is 45.8 Å². The number of fused-ring (bicyclic) bond motifs is 1. The summed E-state index contributed by atoms with van der Waals surface area (Å²) in [5.74, 6) is 0.855. The highest BCUT2D eigenvalue weighted by Crippen LogP contribution is 2.35. The van der Waals surface area contributed by atoms with E-state index in [1.807, 2.05) is 9.80 Å². The lowest BCUT2D eigenvalue weighted by molar-refractivity contribution is -0.139. The fourth-order valence-electron chi connectivity index (χ4n) is 4.77. The number of aromatic amines is 1. The van der Waals surface area contributed by atoms with Crippen molar-refractivity contribution in [3.05, 3.63) is 35.5 Å². The van der Waals surface area contributed by atoms with E-state index >= 15 is 0 Å². The number of rotatable bonds is 3. The fraction of sp³-hybridized carbons (Fsp3) is 0.545. The van der Waals surface area contributed by atoms with Gasteiger partial charge < -0.3 is 14.8 Å². The van der Waals surface area contributed by atoms with Gasteiger partial charge in [0, 0.05) is 49.7 Å². The van der Waals surface area contributed by atoms with Gasteiger partial charge in [0.05, 0.1) is 6.54 Å². The Bertz CT molecular complexity index is 859. The van der Waals surface area contributed by atoms with Crippen LogP contribution in [0, 0.1) is 6.92 Å². The number of aromatic nitrogens is 1. The molecule has 2 fully saturated rings. The number of H-pyrrole nitrogens is 1. The molecule has 1 aromatic heterocycles. The van der Waals surface area contributed by atoms with E-state index < -0.39 is 0 Å². The van der Waals surface area contributed by atoms with Gasteiger partial charge in [0.1, 0.15) is 0 Å². The van der Waals surface area contributed by atoms with Crippen LogP contribution in [0.5, 0.6) is 0 Å². The van der Waals surface area contributed by atoms with E-state index in [1.165, 1.54) is 22.2 Å². The Morgan fingerprint density at radius 2 is 1.64 bits per heavy atom. The van der Waals surface area contributed by atoms with Crippen molar-refractivity contribution in [1.82, 2.24) is 19.7 Å². The molecule has 2 aromatic rings. The van der Waals surface area contributed by atoms with Crippen molar-refractivity contribution >= 4 is 22.7 Å². The van der Waals surface area contributed by atoms with E-state index in [2.05, 4.69) is 41.1 Å². The Labute approximate surface area is 166 Å². The van der Waals surface area contributed by atoms with Crippen LogP contribution in [0.2, 0.25) is 0 Å². The molecule has 2 saturated heterocycles. The summed E-state index contributed by atoms with van der Waals surface area (Å²) < 4.78 is 0. The first-order chi connectivity index (χ1) is 13.5. The number of piperazine rings is 1. The van der Waals surface area contributed by atoms with Crippen molar-refractivity contribution in [3.63, 3.8) is 0 Å². The fourth-order valence-corrected chi connectivity index (χ4v) is 4.77. The second kappa shape index (κ2) is 7.95. The second-order valence-corrected chi connectivity index (χ2v) is 8.15. The number of carbonyl (C=O) groups excluding carboxylic acids is 2. The first-order valence-corrected chi connectivity index (χ1v) is 10.4. The van der Waals surface area contributed by atoms with Crippen LogP contribution in [0.1, 0.15) is 36.9 Å². The highest BCUT2D eigenvalue weighted by Gasteiger charge is 2.28. The molecule has 1 aromatic carbocycles. The van der Waals surface area contributed by atoms with Crippen molar-refractivity contribution in [3.8, 4) is 0 Å². The monoisotopic (exact) mass is 382 g/mol. The van der Waals surface area contributed by atoms with Crippen LogP contribution in [0.25, 0.3) is 10.9 Å². The molecule has 0 unspecified atom stereocenters. The van der Waals surface area contributed by atoms with Gasteiger partial charge in [-0.15, -0.1) is 0 Å². The number of carbonyl (C=O) groups is 2. The summed E-state index contributed by atoms with van der Waals surface area (Å²) in [6, 6.07) is 8.54. The summed E-state index contributed by atoms with van der Waals surface area (Å²) in [7, 11) is 0. The molecule has 150 valence electrons. The molecule has 0 spiro atoms.